The number of alkyl halides is 3. The maximum atomic E-state index is 12.5. The van der Waals surface area contributed by atoms with Gasteiger partial charge in [0.2, 0.25) is 5.91 Å². The van der Waals surface area contributed by atoms with E-state index in [1.807, 2.05) is 0 Å². The molecule has 2 unspecified atom stereocenters. The third-order valence-electron chi connectivity index (χ3n) is 3.06. The van der Waals surface area contributed by atoms with E-state index in [-0.39, 0.29) is 37.8 Å². The largest absolute Gasteiger partial charge is 0.396 e. The van der Waals surface area contributed by atoms with Crippen LogP contribution in [0.2, 0.25) is 0 Å². The first kappa shape index (κ1) is 14.3. The first-order valence-corrected chi connectivity index (χ1v) is 5.90. The molecule has 1 saturated carbocycles. The van der Waals surface area contributed by atoms with Crippen molar-refractivity contribution in [3.63, 3.8) is 0 Å². The van der Waals surface area contributed by atoms with Gasteiger partial charge in [-0.25, -0.2) is 0 Å². The Morgan fingerprint density at radius 3 is 2.65 bits per heavy atom. The van der Waals surface area contributed by atoms with Crippen LogP contribution in [0.25, 0.3) is 0 Å². The van der Waals surface area contributed by atoms with Gasteiger partial charge in [0.15, 0.2) is 0 Å². The second-order valence-corrected chi connectivity index (χ2v) is 4.50. The summed E-state index contributed by atoms with van der Waals surface area (Å²) in [6.45, 7) is -0.0801. The van der Waals surface area contributed by atoms with Crippen LogP contribution in [0.4, 0.5) is 13.2 Å². The summed E-state index contributed by atoms with van der Waals surface area (Å²) in [6, 6.07) is -0.374. The number of nitrogens with one attached hydrogen (secondary N) is 1. The Morgan fingerprint density at radius 2 is 2.06 bits per heavy atom. The number of amides is 1. The van der Waals surface area contributed by atoms with Crippen LogP contribution in [0.5, 0.6) is 0 Å². The number of hydrogen-bond donors (Lipinski definition) is 2. The number of aliphatic hydroxyl groups is 1. The van der Waals surface area contributed by atoms with E-state index in [1.165, 1.54) is 0 Å². The zero-order valence-corrected chi connectivity index (χ0v) is 9.59. The Hall–Kier alpha value is -0.780. The normalized spacial score (nSPS) is 25.6. The van der Waals surface area contributed by atoms with Crippen LogP contribution < -0.4 is 5.32 Å². The van der Waals surface area contributed by atoms with Crippen molar-refractivity contribution >= 4 is 5.91 Å². The maximum absolute atomic E-state index is 12.5. The summed E-state index contributed by atoms with van der Waals surface area (Å²) in [4.78, 5) is 11.3. The van der Waals surface area contributed by atoms with Crippen molar-refractivity contribution in [3.8, 4) is 0 Å². The van der Waals surface area contributed by atoms with Crippen molar-refractivity contribution in [3.05, 3.63) is 0 Å². The van der Waals surface area contributed by atoms with E-state index in [2.05, 4.69) is 5.32 Å². The minimum absolute atomic E-state index is 0.0195. The predicted octanol–water partition coefficient (Wildman–Crippen LogP) is 2.00. The number of rotatable bonds is 4. The second-order valence-electron chi connectivity index (χ2n) is 4.50. The Balaban J connectivity index is 2.37. The number of aliphatic hydroxyl groups excluding tert-OH is 1. The zero-order chi connectivity index (χ0) is 12.9. The van der Waals surface area contributed by atoms with Gasteiger partial charge < -0.3 is 10.4 Å². The van der Waals surface area contributed by atoms with Gasteiger partial charge in [0, 0.05) is 19.1 Å². The van der Waals surface area contributed by atoms with Gasteiger partial charge in [-0.15, -0.1) is 0 Å². The molecule has 0 aromatic rings. The Kier molecular flexibility index (Phi) is 5.24. The highest BCUT2D eigenvalue weighted by Gasteiger charge is 2.42. The van der Waals surface area contributed by atoms with Crippen molar-refractivity contribution in [1.29, 1.82) is 0 Å². The quantitative estimate of drug-likeness (QED) is 0.805. The number of carbonyl (C=O) groups excluding carboxylic acids is 1. The molecule has 1 aliphatic carbocycles. The van der Waals surface area contributed by atoms with Crippen molar-refractivity contribution in [2.24, 2.45) is 5.92 Å². The third-order valence-corrected chi connectivity index (χ3v) is 3.06. The fraction of sp³-hybridized carbons (Fsp3) is 0.909. The molecule has 6 heteroatoms. The van der Waals surface area contributed by atoms with Crippen LogP contribution in [0.3, 0.4) is 0 Å². The lowest BCUT2D eigenvalue weighted by atomic mass is 9.85. The van der Waals surface area contributed by atoms with Crippen molar-refractivity contribution in [1.82, 2.24) is 5.32 Å². The Morgan fingerprint density at radius 1 is 1.35 bits per heavy atom. The topological polar surface area (TPSA) is 49.3 Å². The molecule has 0 radical (unpaired) electrons. The van der Waals surface area contributed by atoms with Gasteiger partial charge in [-0.2, -0.15) is 13.2 Å². The Labute approximate surface area is 98.4 Å². The minimum atomic E-state index is -4.16. The minimum Gasteiger partial charge on any atom is -0.396 e. The first-order valence-electron chi connectivity index (χ1n) is 5.90. The van der Waals surface area contributed by atoms with Gasteiger partial charge in [0.25, 0.3) is 0 Å². The molecular weight excluding hydrogens is 235 g/mol. The first-order chi connectivity index (χ1) is 7.93. The smallest absolute Gasteiger partial charge is 0.391 e. The fourth-order valence-electron chi connectivity index (χ4n) is 2.16. The lowest BCUT2D eigenvalue weighted by Gasteiger charge is -2.31. The van der Waals surface area contributed by atoms with Gasteiger partial charge in [0.05, 0.1) is 5.92 Å². The molecule has 0 bridgehead atoms. The number of halogens is 3. The lowest BCUT2D eigenvalue weighted by molar-refractivity contribution is -0.184. The van der Waals surface area contributed by atoms with Crippen LogP contribution in [0.1, 0.15) is 38.5 Å². The summed E-state index contributed by atoms with van der Waals surface area (Å²) >= 11 is 0. The van der Waals surface area contributed by atoms with Crippen molar-refractivity contribution in [2.45, 2.75) is 50.7 Å². The zero-order valence-electron chi connectivity index (χ0n) is 9.59. The van der Waals surface area contributed by atoms with E-state index in [9.17, 15) is 18.0 Å². The molecule has 0 aromatic heterocycles. The van der Waals surface area contributed by atoms with E-state index in [4.69, 9.17) is 5.11 Å². The van der Waals surface area contributed by atoms with Crippen molar-refractivity contribution in [2.75, 3.05) is 6.61 Å². The summed E-state index contributed by atoms with van der Waals surface area (Å²) < 4.78 is 37.5. The van der Waals surface area contributed by atoms with E-state index in [0.29, 0.717) is 19.3 Å². The van der Waals surface area contributed by atoms with E-state index < -0.39 is 12.1 Å². The summed E-state index contributed by atoms with van der Waals surface area (Å²) in [7, 11) is 0. The highest BCUT2D eigenvalue weighted by Crippen LogP contribution is 2.37. The highest BCUT2D eigenvalue weighted by atomic mass is 19.4. The summed E-state index contributed by atoms with van der Waals surface area (Å²) in [5.41, 5.74) is 0. The van der Waals surface area contributed by atoms with Gasteiger partial charge in [0.1, 0.15) is 0 Å². The molecule has 17 heavy (non-hydrogen) atoms. The SMILES string of the molecule is O=C(CCCO)NC1CCCC(C(F)(F)F)C1. The summed E-state index contributed by atoms with van der Waals surface area (Å²) in [5, 5.41) is 11.1. The van der Waals surface area contributed by atoms with Crippen LogP contribution in [-0.2, 0) is 4.79 Å². The van der Waals surface area contributed by atoms with Crippen LogP contribution >= 0.6 is 0 Å². The van der Waals surface area contributed by atoms with Gasteiger partial charge in [-0.3, -0.25) is 4.79 Å². The highest BCUT2D eigenvalue weighted by molar-refractivity contribution is 5.76. The number of hydrogen-bond acceptors (Lipinski definition) is 2. The molecule has 0 spiro atoms. The average Bonchev–Trinajstić information content (AvgIpc) is 2.25. The monoisotopic (exact) mass is 253 g/mol. The fourth-order valence-corrected chi connectivity index (χ4v) is 2.16. The molecule has 1 amide bonds. The molecule has 2 atom stereocenters. The van der Waals surface area contributed by atoms with E-state index in [1.54, 1.807) is 0 Å². The van der Waals surface area contributed by atoms with E-state index >= 15 is 0 Å². The molecule has 0 aliphatic heterocycles. The average molecular weight is 253 g/mol. The number of carbonyl (C=O) groups is 1. The molecular formula is C11H18F3NO2. The summed E-state index contributed by atoms with van der Waals surface area (Å²) in [6.07, 6.45) is -2.40. The molecule has 0 heterocycles. The van der Waals surface area contributed by atoms with Crippen LogP contribution in [0.15, 0.2) is 0 Å². The second kappa shape index (κ2) is 6.23. The predicted molar refractivity (Wildman–Crippen MR) is 56.3 cm³/mol. The third kappa shape index (κ3) is 4.93. The van der Waals surface area contributed by atoms with E-state index in [0.717, 1.165) is 0 Å². The lowest BCUT2D eigenvalue weighted by Crippen LogP contribution is -2.41. The maximum Gasteiger partial charge on any atom is 0.391 e. The van der Waals surface area contributed by atoms with Gasteiger partial charge >= 0.3 is 6.18 Å². The summed E-state index contributed by atoms with van der Waals surface area (Å²) in [5.74, 6) is -1.56. The van der Waals surface area contributed by atoms with Gasteiger partial charge in [-0.1, -0.05) is 6.42 Å². The molecule has 100 valence electrons. The van der Waals surface area contributed by atoms with Crippen molar-refractivity contribution < 1.29 is 23.1 Å². The standard InChI is InChI=1S/C11H18F3NO2/c12-11(13,14)8-3-1-4-9(7-8)15-10(17)5-2-6-16/h8-9,16H,1-7H2,(H,15,17). The Bertz CT molecular complexity index is 256. The molecule has 1 fully saturated rings. The molecule has 0 saturated heterocycles. The molecule has 1 rings (SSSR count). The van der Waals surface area contributed by atoms with Crippen LogP contribution in [-0.4, -0.2) is 29.8 Å². The molecule has 2 N–H and O–H groups in total. The van der Waals surface area contributed by atoms with Crippen LogP contribution in [0, 0.1) is 5.92 Å². The molecule has 3 nitrogen and oxygen atoms in total. The van der Waals surface area contributed by atoms with Gasteiger partial charge in [-0.05, 0) is 25.7 Å². The molecule has 1 aliphatic rings. The molecule has 0 aromatic carbocycles.